The lowest BCUT2D eigenvalue weighted by Crippen LogP contribution is -2.13. The highest BCUT2D eigenvalue weighted by Gasteiger charge is 2.32. The molecule has 0 spiro atoms. The van der Waals surface area contributed by atoms with Gasteiger partial charge in [0.15, 0.2) is 0 Å². The van der Waals surface area contributed by atoms with E-state index in [2.05, 4.69) is 18.8 Å². The molecule has 0 heterocycles. The Morgan fingerprint density at radius 1 is 1.45 bits per heavy atom. The van der Waals surface area contributed by atoms with E-state index in [4.69, 9.17) is 5.11 Å². The fourth-order valence-corrected chi connectivity index (χ4v) is 2.65. The molecule has 0 amide bonds. The van der Waals surface area contributed by atoms with Crippen molar-refractivity contribution in [1.29, 1.82) is 0 Å². The third kappa shape index (κ3) is 6.91. The van der Waals surface area contributed by atoms with Gasteiger partial charge >= 0.3 is 5.97 Å². The number of Topliss-reactive ketones (excluding diaryl/α,β-unsaturated/α-hetero) is 1. The molecule has 1 aliphatic rings. The average Bonchev–Trinajstić information content (AvgIpc) is 2.83. The minimum absolute atomic E-state index is 0.0402. The number of rotatable bonds is 8. The zero-order chi connectivity index (χ0) is 16.4. The Kier molecular flexibility index (Phi) is 8.54. The molecule has 4 nitrogen and oxygen atoms in total. The largest absolute Gasteiger partial charge is 0.481 e. The van der Waals surface area contributed by atoms with E-state index in [0.29, 0.717) is 19.3 Å². The second kappa shape index (κ2) is 10.2. The molecule has 3 unspecified atom stereocenters. The molecule has 1 saturated carbocycles. The van der Waals surface area contributed by atoms with E-state index in [1.54, 1.807) is 0 Å². The predicted octanol–water partition coefficient (Wildman–Crippen LogP) is 2.95. The van der Waals surface area contributed by atoms with Crippen molar-refractivity contribution in [3.63, 3.8) is 0 Å². The van der Waals surface area contributed by atoms with Gasteiger partial charge < -0.3 is 10.2 Å². The third-order valence-electron chi connectivity index (χ3n) is 4.00. The standard InChI is InChI=1S/C18H26O4/c1-2-3-7-15(19)12-10-14-11-13-17(20)16(14)8-5-4-6-9-18(21)22/h10,12,14-16,19H,2-3,6-9,11,13H2,1H3,(H,21,22). The van der Waals surface area contributed by atoms with Crippen LogP contribution in [-0.4, -0.2) is 28.1 Å². The minimum atomic E-state index is -0.854. The molecular weight excluding hydrogens is 280 g/mol. The van der Waals surface area contributed by atoms with E-state index in [9.17, 15) is 14.7 Å². The van der Waals surface area contributed by atoms with Crippen molar-refractivity contribution in [2.24, 2.45) is 11.8 Å². The van der Waals surface area contributed by atoms with Crippen LogP contribution < -0.4 is 0 Å². The van der Waals surface area contributed by atoms with E-state index in [1.807, 2.05) is 12.2 Å². The van der Waals surface area contributed by atoms with Gasteiger partial charge in [-0.2, -0.15) is 0 Å². The van der Waals surface area contributed by atoms with Gasteiger partial charge in [0.2, 0.25) is 0 Å². The topological polar surface area (TPSA) is 74.6 Å². The second-order valence-corrected chi connectivity index (χ2v) is 5.82. The Bertz CT molecular complexity index is 455. The van der Waals surface area contributed by atoms with Crippen LogP contribution in [-0.2, 0) is 9.59 Å². The molecule has 0 aromatic carbocycles. The van der Waals surface area contributed by atoms with Gasteiger partial charge in [0.05, 0.1) is 12.5 Å². The molecule has 0 aromatic rings. The molecule has 0 saturated heterocycles. The number of aliphatic hydroxyl groups is 1. The first-order chi connectivity index (χ1) is 10.5. The smallest absolute Gasteiger partial charge is 0.304 e. The highest BCUT2D eigenvalue weighted by molar-refractivity contribution is 5.84. The summed E-state index contributed by atoms with van der Waals surface area (Å²) in [6, 6.07) is 0. The van der Waals surface area contributed by atoms with Gasteiger partial charge in [-0.1, -0.05) is 31.9 Å². The zero-order valence-corrected chi connectivity index (χ0v) is 13.3. The SMILES string of the molecule is CCCCC(O)C=CC1CCC(=O)C1CC#CCCC(=O)O. The van der Waals surface area contributed by atoms with Gasteiger partial charge in [-0.3, -0.25) is 9.59 Å². The molecule has 0 bridgehead atoms. The van der Waals surface area contributed by atoms with Gasteiger partial charge in [0.1, 0.15) is 5.78 Å². The number of aliphatic hydroxyl groups excluding tert-OH is 1. The minimum Gasteiger partial charge on any atom is -0.481 e. The van der Waals surface area contributed by atoms with Gasteiger partial charge in [-0.25, -0.2) is 0 Å². The van der Waals surface area contributed by atoms with Crippen LogP contribution in [0.15, 0.2) is 12.2 Å². The molecule has 3 atom stereocenters. The number of aliphatic carboxylic acids is 1. The summed E-state index contributed by atoms with van der Waals surface area (Å²) >= 11 is 0. The molecule has 22 heavy (non-hydrogen) atoms. The second-order valence-electron chi connectivity index (χ2n) is 5.82. The van der Waals surface area contributed by atoms with Crippen LogP contribution in [0.5, 0.6) is 0 Å². The fraction of sp³-hybridized carbons (Fsp3) is 0.667. The number of carbonyl (C=O) groups excluding carboxylic acids is 1. The first-order valence-electron chi connectivity index (χ1n) is 8.11. The lowest BCUT2D eigenvalue weighted by atomic mass is 9.91. The highest BCUT2D eigenvalue weighted by atomic mass is 16.4. The van der Waals surface area contributed by atoms with Crippen molar-refractivity contribution in [2.75, 3.05) is 0 Å². The van der Waals surface area contributed by atoms with E-state index in [1.165, 1.54) is 0 Å². The summed E-state index contributed by atoms with van der Waals surface area (Å²) in [6.45, 7) is 2.09. The number of hydrogen-bond donors (Lipinski definition) is 2. The molecule has 2 N–H and O–H groups in total. The average molecular weight is 306 g/mol. The summed E-state index contributed by atoms with van der Waals surface area (Å²) in [6.07, 6.45) is 8.39. The van der Waals surface area contributed by atoms with E-state index < -0.39 is 12.1 Å². The van der Waals surface area contributed by atoms with Crippen molar-refractivity contribution >= 4 is 11.8 Å². The summed E-state index contributed by atoms with van der Waals surface area (Å²) in [5, 5.41) is 18.4. The normalized spacial score (nSPS) is 22.5. The van der Waals surface area contributed by atoms with Gasteiger partial charge in [-0.05, 0) is 18.8 Å². The van der Waals surface area contributed by atoms with E-state index >= 15 is 0 Å². The van der Waals surface area contributed by atoms with Gasteiger partial charge in [0.25, 0.3) is 0 Å². The molecule has 1 fully saturated rings. The number of allylic oxidation sites excluding steroid dienone is 1. The van der Waals surface area contributed by atoms with Crippen LogP contribution in [0, 0.1) is 23.7 Å². The summed E-state index contributed by atoms with van der Waals surface area (Å²) in [7, 11) is 0. The fourth-order valence-electron chi connectivity index (χ4n) is 2.65. The molecule has 4 heteroatoms. The molecule has 1 aliphatic carbocycles. The Labute approximate surface area is 132 Å². The predicted molar refractivity (Wildman–Crippen MR) is 85.2 cm³/mol. The molecule has 1 rings (SSSR count). The van der Waals surface area contributed by atoms with Crippen LogP contribution in [0.2, 0.25) is 0 Å². The summed E-state index contributed by atoms with van der Waals surface area (Å²) in [4.78, 5) is 22.3. The number of carbonyl (C=O) groups is 2. The number of ketones is 1. The summed E-state index contributed by atoms with van der Waals surface area (Å²) in [5.41, 5.74) is 0. The molecule has 122 valence electrons. The maximum absolute atomic E-state index is 11.9. The quantitative estimate of drug-likeness (QED) is 0.534. The Balaban J connectivity index is 2.47. The highest BCUT2D eigenvalue weighted by Crippen LogP contribution is 2.32. The van der Waals surface area contributed by atoms with Crippen molar-refractivity contribution < 1.29 is 19.8 Å². The first kappa shape index (κ1) is 18.4. The number of carboxylic acid groups (broad SMARTS) is 1. The van der Waals surface area contributed by atoms with Crippen LogP contribution >= 0.6 is 0 Å². The van der Waals surface area contributed by atoms with Crippen LogP contribution in [0.25, 0.3) is 0 Å². The maximum atomic E-state index is 11.9. The van der Waals surface area contributed by atoms with Crippen molar-refractivity contribution in [2.45, 2.75) is 64.4 Å². The zero-order valence-electron chi connectivity index (χ0n) is 13.3. The Morgan fingerprint density at radius 3 is 2.91 bits per heavy atom. The Morgan fingerprint density at radius 2 is 2.23 bits per heavy atom. The van der Waals surface area contributed by atoms with Crippen LogP contribution in [0.3, 0.4) is 0 Å². The monoisotopic (exact) mass is 306 g/mol. The summed E-state index contributed by atoms with van der Waals surface area (Å²) < 4.78 is 0. The number of unbranched alkanes of at least 4 members (excludes halogenated alkanes) is 1. The van der Waals surface area contributed by atoms with E-state index in [-0.39, 0.29) is 24.0 Å². The molecule has 0 aliphatic heterocycles. The van der Waals surface area contributed by atoms with Crippen LogP contribution in [0.4, 0.5) is 0 Å². The van der Waals surface area contributed by atoms with Gasteiger partial charge in [-0.15, -0.1) is 11.8 Å². The summed E-state index contributed by atoms with van der Waals surface area (Å²) in [5.74, 6) is 5.17. The lowest BCUT2D eigenvalue weighted by molar-refractivity contribution is -0.136. The van der Waals surface area contributed by atoms with Crippen molar-refractivity contribution in [1.82, 2.24) is 0 Å². The number of carboxylic acids is 1. The van der Waals surface area contributed by atoms with Crippen molar-refractivity contribution in [3.05, 3.63) is 12.2 Å². The maximum Gasteiger partial charge on any atom is 0.304 e. The number of hydrogen-bond acceptors (Lipinski definition) is 3. The van der Waals surface area contributed by atoms with Gasteiger partial charge in [0, 0.05) is 25.2 Å². The molecule has 0 aromatic heterocycles. The molecular formula is C18H26O4. The van der Waals surface area contributed by atoms with E-state index in [0.717, 1.165) is 25.7 Å². The Hall–Kier alpha value is -1.60. The molecule has 0 radical (unpaired) electrons. The lowest BCUT2D eigenvalue weighted by Gasteiger charge is -2.12. The first-order valence-corrected chi connectivity index (χ1v) is 8.11. The third-order valence-corrected chi connectivity index (χ3v) is 4.00. The van der Waals surface area contributed by atoms with Crippen molar-refractivity contribution in [3.8, 4) is 11.8 Å². The van der Waals surface area contributed by atoms with Crippen LogP contribution in [0.1, 0.15) is 58.3 Å².